The number of rotatable bonds is 4. The Bertz CT molecular complexity index is 541. The van der Waals surface area contributed by atoms with E-state index in [1.807, 2.05) is 26.0 Å². The highest BCUT2D eigenvalue weighted by Crippen LogP contribution is 2.21. The zero-order chi connectivity index (χ0) is 14.8. The first-order chi connectivity index (χ1) is 9.47. The number of hydrogen-bond donors (Lipinski definition) is 1. The van der Waals surface area contributed by atoms with E-state index in [0.29, 0.717) is 11.4 Å². The summed E-state index contributed by atoms with van der Waals surface area (Å²) in [4.78, 5) is 0.292. The number of nitrogens with zero attached hydrogens (tertiary/aromatic N) is 1. The Labute approximate surface area is 120 Å². The number of morpholine rings is 1. The molecular weight excluding hydrogens is 278 g/mol. The first-order valence-corrected chi connectivity index (χ1v) is 8.26. The lowest BCUT2D eigenvalue weighted by Gasteiger charge is -2.35. The molecule has 1 heterocycles. The van der Waals surface area contributed by atoms with Gasteiger partial charge < -0.3 is 9.84 Å². The average Bonchev–Trinajstić information content (AvgIpc) is 2.46. The van der Waals surface area contributed by atoms with E-state index in [1.165, 1.54) is 4.31 Å². The summed E-state index contributed by atoms with van der Waals surface area (Å²) in [7, 11) is -3.52. The molecule has 0 radical (unpaired) electrons. The molecule has 20 heavy (non-hydrogen) atoms. The van der Waals surface area contributed by atoms with Crippen molar-refractivity contribution in [3.63, 3.8) is 0 Å². The second-order valence-corrected chi connectivity index (χ2v) is 7.01. The number of ether oxygens (including phenoxy) is 1. The lowest BCUT2D eigenvalue weighted by molar-refractivity contribution is -0.0750. The van der Waals surface area contributed by atoms with Gasteiger partial charge in [0.05, 0.1) is 23.7 Å². The van der Waals surface area contributed by atoms with Crippen LogP contribution in [0.25, 0.3) is 0 Å². The molecule has 5 nitrogen and oxygen atoms in total. The van der Waals surface area contributed by atoms with Gasteiger partial charge in [0.25, 0.3) is 0 Å². The maximum Gasteiger partial charge on any atom is 0.243 e. The summed E-state index contributed by atoms with van der Waals surface area (Å²) in [5, 5.41) is 9.18. The summed E-state index contributed by atoms with van der Waals surface area (Å²) >= 11 is 0. The Morgan fingerprint density at radius 3 is 2.50 bits per heavy atom. The van der Waals surface area contributed by atoms with Gasteiger partial charge in [-0.2, -0.15) is 4.31 Å². The molecule has 2 atom stereocenters. The standard InChI is InChI=1S/C14H21NO4S/c1-3-12-4-6-14(7-5-12)20(17,18)15-8-11(2)19-13(9-15)10-16/h4-7,11,13,16H,3,8-10H2,1-2H3. The van der Waals surface area contributed by atoms with Crippen LogP contribution in [0.15, 0.2) is 29.2 Å². The van der Waals surface area contributed by atoms with Gasteiger partial charge in [-0.15, -0.1) is 0 Å². The molecule has 6 heteroatoms. The minimum absolute atomic E-state index is 0.175. The molecule has 1 N–H and O–H groups in total. The van der Waals surface area contributed by atoms with Crippen LogP contribution in [0.2, 0.25) is 0 Å². The third-order valence-electron chi connectivity index (χ3n) is 3.47. The first kappa shape index (κ1) is 15.4. The van der Waals surface area contributed by atoms with Crippen molar-refractivity contribution in [3.05, 3.63) is 29.8 Å². The zero-order valence-electron chi connectivity index (χ0n) is 11.8. The molecule has 0 bridgehead atoms. The quantitative estimate of drug-likeness (QED) is 0.901. The van der Waals surface area contributed by atoms with E-state index in [4.69, 9.17) is 4.74 Å². The Kier molecular flexibility index (Phi) is 4.80. The zero-order valence-corrected chi connectivity index (χ0v) is 12.6. The molecule has 0 aromatic heterocycles. The number of aliphatic hydroxyl groups is 1. The fourth-order valence-electron chi connectivity index (χ4n) is 2.35. The highest BCUT2D eigenvalue weighted by Gasteiger charge is 2.33. The summed E-state index contributed by atoms with van der Waals surface area (Å²) < 4.78 is 32.0. The van der Waals surface area contributed by atoms with Crippen LogP contribution in [0.4, 0.5) is 0 Å². The SMILES string of the molecule is CCc1ccc(S(=O)(=O)N2CC(C)OC(CO)C2)cc1. The lowest BCUT2D eigenvalue weighted by Crippen LogP contribution is -2.50. The molecule has 1 aliphatic heterocycles. The minimum Gasteiger partial charge on any atom is -0.394 e. The number of aryl methyl sites for hydroxylation is 1. The Hall–Kier alpha value is -0.950. The monoisotopic (exact) mass is 299 g/mol. The van der Waals surface area contributed by atoms with Crippen molar-refractivity contribution in [2.24, 2.45) is 0 Å². The molecule has 0 spiro atoms. The normalized spacial score (nSPS) is 24.8. The fraction of sp³-hybridized carbons (Fsp3) is 0.571. The van der Waals surface area contributed by atoms with Gasteiger partial charge in [-0.05, 0) is 31.0 Å². The van der Waals surface area contributed by atoms with Crippen molar-refractivity contribution < 1.29 is 18.3 Å². The molecule has 2 unspecified atom stereocenters. The summed E-state index contributed by atoms with van der Waals surface area (Å²) in [6, 6.07) is 6.95. The van der Waals surface area contributed by atoms with Crippen LogP contribution in [-0.4, -0.2) is 49.7 Å². The van der Waals surface area contributed by atoms with Crippen LogP contribution in [0, 0.1) is 0 Å². The van der Waals surface area contributed by atoms with E-state index < -0.39 is 16.1 Å². The van der Waals surface area contributed by atoms with Crippen molar-refractivity contribution in [2.45, 2.75) is 37.4 Å². The number of aliphatic hydroxyl groups excluding tert-OH is 1. The van der Waals surface area contributed by atoms with E-state index in [0.717, 1.165) is 12.0 Å². The second kappa shape index (κ2) is 6.22. The summed E-state index contributed by atoms with van der Waals surface area (Å²) in [5.41, 5.74) is 1.10. The predicted octanol–water partition coefficient (Wildman–Crippen LogP) is 1.02. The highest BCUT2D eigenvalue weighted by atomic mass is 32.2. The van der Waals surface area contributed by atoms with Crippen molar-refractivity contribution in [2.75, 3.05) is 19.7 Å². The summed E-state index contributed by atoms with van der Waals surface area (Å²) in [6.07, 6.45) is 0.204. The number of sulfonamides is 1. The Balaban J connectivity index is 2.24. The van der Waals surface area contributed by atoms with Gasteiger partial charge in [0.15, 0.2) is 0 Å². The van der Waals surface area contributed by atoms with Crippen LogP contribution in [-0.2, 0) is 21.2 Å². The van der Waals surface area contributed by atoms with Gasteiger partial charge in [-0.1, -0.05) is 19.1 Å². The van der Waals surface area contributed by atoms with Gasteiger partial charge in [0, 0.05) is 13.1 Å². The van der Waals surface area contributed by atoms with E-state index in [-0.39, 0.29) is 19.3 Å². The van der Waals surface area contributed by atoms with E-state index in [9.17, 15) is 13.5 Å². The molecular formula is C14H21NO4S. The van der Waals surface area contributed by atoms with Crippen LogP contribution >= 0.6 is 0 Å². The molecule has 1 aliphatic rings. The topological polar surface area (TPSA) is 66.8 Å². The molecule has 1 fully saturated rings. The van der Waals surface area contributed by atoms with E-state index in [2.05, 4.69) is 0 Å². The van der Waals surface area contributed by atoms with Crippen LogP contribution in [0.5, 0.6) is 0 Å². The number of benzene rings is 1. The smallest absolute Gasteiger partial charge is 0.243 e. The number of hydrogen-bond acceptors (Lipinski definition) is 4. The van der Waals surface area contributed by atoms with Gasteiger partial charge in [0.2, 0.25) is 10.0 Å². The maximum absolute atomic E-state index is 12.6. The van der Waals surface area contributed by atoms with Crippen molar-refractivity contribution in [3.8, 4) is 0 Å². The largest absolute Gasteiger partial charge is 0.394 e. The van der Waals surface area contributed by atoms with Gasteiger partial charge in [-0.3, -0.25) is 0 Å². The van der Waals surface area contributed by atoms with Gasteiger partial charge in [0.1, 0.15) is 0 Å². The molecule has 1 saturated heterocycles. The molecule has 0 amide bonds. The average molecular weight is 299 g/mol. The summed E-state index contributed by atoms with van der Waals surface area (Å²) in [6.45, 7) is 4.17. The minimum atomic E-state index is -3.52. The highest BCUT2D eigenvalue weighted by molar-refractivity contribution is 7.89. The third-order valence-corrected chi connectivity index (χ3v) is 5.31. The van der Waals surface area contributed by atoms with Crippen LogP contribution in [0.1, 0.15) is 19.4 Å². The van der Waals surface area contributed by atoms with E-state index >= 15 is 0 Å². The summed E-state index contributed by atoms with van der Waals surface area (Å²) in [5.74, 6) is 0. The second-order valence-electron chi connectivity index (χ2n) is 5.07. The Morgan fingerprint density at radius 2 is 1.95 bits per heavy atom. The molecule has 1 aromatic rings. The maximum atomic E-state index is 12.6. The Morgan fingerprint density at radius 1 is 1.30 bits per heavy atom. The fourth-order valence-corrected chi connectivity index (χ4v) is 3.89. The van der Waals surface area contributed by atoms with Gasteiger partial charge in [-0.25, -0.2) is 8.42 Å². The molecule has 0 aliphatic carbocycles. The van der Waals surface area contributed by atoms with Crippen LogP contribution in [0.3, 0.4) is 0 Å². The van der Waals surface area contributed by atoms with E-state index in [1.54, 1.807) is 12.1 Å². The van der Waals surface area contributed by atoms with Crippen molar-refractivity contribution >= 4 is 10.0 Å². The molecule has 0 saturated carbocycles. The third kappa shape index (κ3) is 3.20. The predicted molar refractivity (Wildman–Crippen MR) is 76.0 cm³/mol. The van der Waals surface area contributed by atoms with Crippen molar-refractivity contribution in [1.82, 2.24) is 4.31 Å². The van der Waals surface area contributed by atoms with Crippen molar-refractivity contribution in [1.29, 1.82) is 0 Å². The molecule has 2 rings (SSSR count). The van der Waals surface area contributed by atoms with Crippen LogP contribution < -0.4 is 0 Å². The molecule has 1 aromatic carbocycles. The molecule has 112 valence electrons. The van der Waals surface area contributed by atoms with Gasteiger partial charge >= 0.3 is 0 Å². The lowest BCUT2D eigenvalue weighted by atomic mass is 10.2. The first-order valence-electron chi connectivity index (χ1n) is 6.82.